The van der Waals surface area contributed by atoms with Crippen molar-refractivity contribution in [2.24, 2.45) is 0 Å². The first-order valence-electron chi connectivity index (χ1n) is 1.61. The van der Waals surface area contributed by atoms with Crippen molar-refractivity contribution >= 4 is 12.2 Å². The van der Waals surface area contributed by atoms with Crippen molar-refractivity contribution in [3.8, 4) is 0 Å². The summed E-state index contributed by atoms with van der Waals surface area (Å²) in [5, 5.41) is 0. The van der Waals surface area contributed by atoms with E-state index < -0.39 is 0 Å². The minimum absolute atomic E-state index is 0. The molecule has 42 valence electrons. The standard InChI is InChI=1S/C3H4N2S.Ag/c6-3-4-1-2-5-3;/h1-2H,(H2,4,5,6);/q;+1. The predicted molar refractivity (Wildman–Crippen MR) is 26.0 cm³/mol. The largest absolute Gasteiger partial charge is 1.00 e. The number of aromatic nitrogens is 2. The van der Waals surface area contributed by atoms with Gasteiger partial charge >= 0.3 is 22.4 Å². The van der Waals surface area contributed by atoms with Gasteiger partial charge in [0.15, 0.2) is 4.77 Å². The quantitative estimate of drug-likeness (QED) is 0.485. The molecule has 0 unspecified atom stereocenters. The average molecular weight is 208 g/mol. The number of rotatable bonds is 0. The molecule has 1 heterocycles. The Kier molecular flexibility index (Phi) is 3.29. The number of nitrogens with one attached hydrogen (secondary N) is 2. The van der Waals surface area contributed by atoms with Crippen LogP contribution in [0.2, 0.25) is 0 Å². The minimum Gasteiger partial charge on any atom is -0.338 e. The molecule has 0 bridgehead atoms. The van der Waals surface area contributed by atoms with Crippen LogP contribution in [0.25, 0.3) is 0 Å². The van der Waals surface area contributed by atoms with Crippen LogP contribution in [0.1, 0.15) is 0 Å². The third-order valence-electron chi connectivity index (χ3n) is 0.512. The second kappa shape index (κ2) is 3.21. The molecule has 0 aromatic carbocycles. The topological polar surface area (TPSA) is 31.6 Å². The van der Waals surface area contributed by atoms with Crippen LogP contribution in [0.3, 0.4) is 0 Å². The van der Waals surface area contributed by atoms with E-state index in [2.05, 4.69) is 22.2 Å². The molecule has 0 spiro atoms. The van der Waals surface area contributed by atoms with Crippen molar-refractivity contribution in [3.05, 3.63) is 17.2 Å². The van der Waals surface area contributed by atoms with E-state index in [9.17, 15) is 0 Å². The summed E-state index contributed by atoms with van der Waals surface area (Å²) in [6, 6.07) is 0. The molecule has 1 aromatic heterocycles. The Hall–Kier alpha value is 0.170. The number of aromatic amines is 2. The SMILES string of the molecule is S=c1[nH]cc[nH]1.[Ag+]. The Morgan fingerprint density at radius 3 is 1.86 bits per heavy atom. The molecule has 0 saturated carbocycles. The first kappa shape index (κ1) is 7.17. The maximum atomic E-state index is 4.63. The van der Waals surface area contributed by atoms with Gasteiger partial charge in [0.1, 0.15) is 0 Å². The molecule has 0 radical (unpaired) electrons. The zero-order valence-electron chi connectivity index (χ0n) is 3.36. The van der Waals surface area contributed by atoms with Crippen LogP contribution in [0, 0.1) is 4.77 Å². The van der Waals surface area contributed by atoms with Gasteiger partial charge in [-0.05, 0) is 12.2 Å². The van der Waals surface area contributed by atoms with Crippen molar-refractivity contribution in [3.63, 3.8) is 0 Å². The van der Waals surface area contributed by atoms with Crippen molar-refractivity contribution in [1.82, 2.24) is 9.97 Å². The van der Waals surface area contributed by atoms with Crippen molar-refractivity contribution in [2.45, 2.75) is 0 Å². The van der Waals surface area contributed by atoms with Crippen molar-refractivity contribution in [1.29, 1.82) is 0 Å². The molecule has 1 rings (SSSR count). The summed E-state index contributed by atoms with van der Waals surface area (Å²) in [4.78, 5) is 5.52. The molecule has 1 aromatic rings. The third kappa shape index (κ3) is 2.09. The van der Waals surface area contributed by atoms with Gasteiger partial charge in [-0.2, -0.15) is 0 Å². The smallest absolute Gasteiger partial charge is 0.338 e. The monoisotopic (exact) mass is 207 g/mol. The van der Waals surface area contributed by atoms with Gasteiger partial charge in [0, 0.05) is 12.4 Å². The van der Waals surface area contributed by atoms with E-state index in [0.717, 1.165) is 0 Å². The van der Waals surface area contributed by atoms with E-state index in [-0.39, 0.29) is 22.4 Å². The zero-order valence-corrected chi connectivity index (χ0v) is 5.66. The van der Waals surface area contributed by atoms with Crippen molar-refractivity contribution in [2.75, 3.05) is 0 Å². The second-order valence-corrected chi connectivity index (χ2v) is 1.36. The van der Waals surface area contributed by atoms with E-state index in [0.29, 0.717) is 4.77 Å². The third-order valence-corrected chi connectivity index (χ3v) is 0.748. The van der Waals surface area contributed by atoms with Crippen LogP contribution in [-0.2, 0) is 22.4 Å². The molecular formula is C3H4AgN2S+. The molecule has 0 atom stereocenters. The molecule has 0 fully saturated rings. The minimum atomic E-state index is 0. The van der Waals surface area contributed by atoms with Gasteiger partial charge in [0.2, 0.25) is 0 Å². The fourth-order valence-electron chi connectivity index (χ4n) is 0.276. The molecule has 4 heteroatoms. The van der Waals surface area contributed by atoms with E-state index in [4.69, 9.17) is 0 Å². The van der Waals surface area contributed by atoms with Crippen LogP contribution < -0.4 is 0 Å². The molecule has 0 aliphatic carbocycles. The summed E-state index contributed by atoms with van der Waals surface area (Å²) in [5.74, 6) is 0. The van der Waals surface area contributed by atoms with Gasteiger partial charge in [0.05, 0.1) is 0 Å². The number of hydrogen-bond acceptors (Lipinski definition) is 1. The summed E-state index contributed by atoms with van der Waals surface area (Å²) in [6.07, 6.45) is 3.50. The van der Waals surface area contributed by atoms with Gasteiger partial charge in [-0.25, -0.2) is 0 Å². The summed E-state index contributed by atoms with van der Waals surface area (Å²) < 4.78 is 0.676. The molecule has 0 aliphatic heterocycles. The molecule has 7 heavy (non-hydrogen) atoms. The van der Waals surface area contributed by atoms with E-state index in [1.165, 1.54) is 0 Å². The molecule has 0 aliphatic rings. The van der Waals surface area contributed by atoms with Crippen LogP contribution in [0.15, 0.2) is 12.4 Å². The van der Waals surface area contributed by atoms with Gasteiger partial charge in [0.25, 0.3) is 0 Å². The Labute approximate surface area is 61.9 Å². The fourth-order valence-corrected chi connectivity index (χ4v) is 0.412. The first-order chi connectivity index (χ1) is 2.89. The Morgan fingerprint density at radius 2 is 1.71 bits per heavy atom. The molecule has 2 N–H and O–H groups in total. The van der Waals surface area contributed by atoms with E-state index in [1.54, 1.807) is 12.4 Å². The van der Waals surface area contributed by atoms with Gasteiger partial charge in [-0.3, -0.25) is 0 Å². The van der Waals surface area contributed by atoms with Gasteiger partial charge in [-0.15, -0.1) is 0 Å². The second-order valence-electron chi connectivity index (χ2n) is 0.951. The predicted octanol–water partition coefficient (Wildman–Crippen LogP) is 1.07. The summed E-state index contributed by atoms with van der Waals surface area (Å²) in [5.41, 5.74) is 0. The van der Waals surface area contributed by atoms with E-state index >= 15 is 0 Å². The maximum absolute atomic E-state index is 4.63. The average Bonchev–Trinajstić information content (AvgIpc) is 1.86. The van der Waals surface area contributed by atoms with Crippen LogP contribution in [0.5, 0.6) is 0 Å². The summed E-state index contributed by atoms with van der Waals surface area (Å²) in [7, 11) is 0. The number of imidazole rings is 1. The molecule has 2 nitrogen and oxygen atoms in total. The maximum Gasteiger partial charge on any atom is 1.00 e. The Balaban J connectivity index is 0.000000360. The number of hydrogen-bond donors (Lipinski definition) is 2. The van der Waals surface area contributed by atoms with Gasteiger partial charge in [-0.1, -0.05) is 0 Å². The van der Waals surface area contributed by atoms with E-state index in [1.807, 2.05) is 0 Å². The van der Waals surface area contributed by atoms with Crippen molar-refractivity contribution < 1.29 is 22.4 Å². The van der Waals surface area contributed by atoms with Crippen LogP contribution >= 0.6 is 12.2 Å². The summed E-state index contributed by atoms with van der Waals surface area (Å²) >= 11 is 4.63. The normalized spacial score (nSPS) is 7.43. The first-order valence-corrected chi connectivity index (χ1v) is 2.02. The molecule has 0 amide bonds. The van der Waals surface area contributed by atoms with Crippen LogP contribution in [0.4, 0.5) is 0 Å². The van der Waals surface area contributed by atoms with Crippen LogP contribution in [-0.4, -0.2) is 9.97 Å². The Morgan fingerprint density at radius 1 is 1.29 bits per heavy atom. The molecular weight excluding hydrogens is 204 g/mol. The van der Waals surface area contributed by atoms with Gasteiger partial charge < -0.3 is 9.97 Å². The number of H-pyrrole nitrogens is 2. The molecule has 0 saturated heterocycles. The zero-order chi connectivity index (χ0) is 4.41. The Bertz CT molecular complexity index is 151. The summed E-state index contributed by atoms with van der Waals surface area (Å²) in [6.45, 7) is 0. The fraction of sp³-hybridized carbons (Fsp3) is 0.